The number of thiophene rings is 1. The van der Waals surface area contributed by atoms with Gasteiger partial charge in [-0.3, -0.25) is 4.79 Å². The molecule has 0 unspecified atom stereocenters. The molecule has 4 aromatic heterocycles. The summed E-state index contributed by atoms with van der Waals surface area (Å²) < 4.78 is 3.69. The topological polar surface area (TPSA) is 65.1 Å². The van der Waals surface area contributed by atoms with Crippen LogP contribution < -0.4 is 5.56 Å². The Hall–Kier alpha value is -2.58. The average Bonchev–Trinajstić information content (AvgIpc) is 3.39. The minimum atomic E-state index is -0.0286. The maximum atomic E-state index is 13.2. The summed E-state index contributed by atoms with van der Waals surface area (Å²) in [6, 6.07) is 6.20. The predicted molar refractivity (Wildman–Crippen MR) is 118 cm³/mol. The van der Waals surface area contributed by atoms with E-state index in [-0.39, 0.29) is 5.56 Å². The number of aromatic nitrogens is 5. The fourth-order valence-electron chi connectivity index (χ4n) is 4.43. The molecule has 1 aliphatic rings. The smallest absolute Gasteiger partial charge is 0.284 e. The van der Waals surface area contributed by atoms with E-state index in [4.69, 9.17) is 4.98 Å². The molecule has 1 aliphatic carbocycles. The molecule has 0 aliphatic heterocycles. The Balaban J connectivity index is 1.55. The van der Waals surface area contributed by atoms with Crippen molar-refractivity contribution < 1.29 is 0 Å². The summed E-state index contributed by atoms with van der Waals surface area (Å²) in [5.74, 6) is 1.01. The Morgan fingerprint density at radius 1 is 1.14 bits per heavy atom. The number of aryl methyl sites for hydroxylation is 4. The van der Waals surface area contributed by atoms with Gasteiger partial charge in [0.25, 0.3) is 5.56 Å². The van der Waals surface area contributed by atoms with Crippen LogP contribution in [0, 0.1) is 6.92 Å². The molecule has 0 fully saturated rings. The standard InChI is InChI=1S/C21H19N5OS2/c1-3-25-11(2)22-14-10-12(8-9-15(14)25)18-24-26-20(27)17-13-6-4-5-7-16(13)28-19(17)23-21(26)29-18/h8-10H,3-7H2,1-2H3. The molecule has 0 bridgehead atoms. The Bertz CT molecular complexity index is 1490. The van der Waals surface area contributed by atoms with Crippen LogP contribution >= 0.6 is 22.7 Å². The van der Waals surface area contributed by atoms with Gasteiger partial charge in [-0.05, 0) is 63.3 Å². The molecular formula is C21H19N5OS2. The molecule has 0 N–H and O–H groups in total. The second-order valence-electron chi connectivity index (χ2n) is 7.52. The lowest BCUT2D eigenvalue weighted by Crippen LogP contribution is -2.16. The molecule has 0 amide bonds. The number of nitrogens with zero attached hydrogens (tertiary/aromatic N) is 5. The first-order valence-electron chi connectivity index (χ1n) is 9.95. The van der Waals surface area contributed by atoms with Crippen LogP contribution in [0.4, 0.5) is 0 Å². The summed E-state index contributed by atoms with van der Waals surface area (Å²) in [6.07, 6.45) is 4.39. The van der Waals surface area contributed by atoms with Gasteiger partial charge >= 0.3 is 0 Å². The third kappa shape index (κ3) is 2.45. The van der Waals surface area contributed by atoms with E-state index in [1.807, 2.05) is 6.92 Å². The monoisotopic (exact) mass is 421 g/mol. The van der Waals surface area contributed by atoms with E-state index in [0.29, 0.717) is 4.96 Å². The first-order valence-corrected chi connectivity index (χ1v) is 11.6. The summed E-state index contributed by atoms with van der Waals surface area (Å²) in [4.78, 5) is 25.6. The fourth-order valence-corrected chi connectivity index (χ4v) is 6.63. The molecule has 6 rings (SSSR count). The minimum absolute atomic E-state index is 0.0286. The van der Waals surface area contributed by atoms with Crippen molar-refractivity contribution in [3.63, 3.8) is 0 Å². The van der Waals surface area contributed by atoms with Crippen LogP contribution in [-0.4, -0.2) is 24.1 Å². The van der Waals surface area contributed by atoms with Crippen molar-refractivity contribution in [2.75, 3.05) is 0 Å². The number of hydrogen-bond acceptors (Lipinski definition) is 6. The van der Waals surface area contributed by atoms with Gasteiger partial charge in [0, 0.05) is 17.0 Å². The van der Waals surface area contributed by atoms with Gasteiger partial charge in [0.1, 0.15) is 15.7 Å². The fraction of sp³-hybridized carbons (Fsp3) is 0.333. The largest absolute Gasteiger partial charge is 0.329 e. The lowest BCUT2D eigenvalue weighted by Gasteiger charge is -2.09. The van der Waals surface area contributed by atoms with Gasteiger partial charge < -0.3 is 4.57 Å². The zero-order valence-electron chi connectivity index (χ0n) is 16.2. The Morgan fingerprint density at radius 3 is 2.86 bits per heavy atom. The maximum absolute atomic E-state index is 13.2. The third-order valence-electron chi connectivity index (χ3n) is 5.82. The molecular weight excluding hydrogens is 402 g/mol. The van der Waals surface area contributed by atoms with Gasteiger partial charge in [0.2, 0.25) is 4.96 Å². The maximum Gasteiger partial charge on any atom is 0.284 e. The summed E-state index contributed by atoms with van der Waals surface area (Å²) in [6.45, 7) is 5.04. The van der Waals surface area contributed by atoms with Gasteiger partial charge in [-0.2, -0.15) is 9.61 Å². The highest BCUT2D eigenvalue weighted by Crippen LogP contribution is 2.35. The number of benzene rings is 1. The van der Waals surface area contributed by atoms with E-state index in [1.165, 1.54) is 32.7 Å². The molecule has 1 aromatic carbocycles. The highest BCUT2D eigenvalue weighted by molar-refractivity contribution is 7.21. The molecule has 146 valence electrons. The summed E-state index contributed by atoms with van der Waals surface area (Å²) in [5, 5.41) is 6.23. The normalized spacial score (nSPS) is 14.3. The molecule has 0 radical (unpaired) electrons. The Morgan fingerprint density at radius 2 is 2.00 bits per heavy atom. The molecule has 0 saturated carbocycles. The van der Waals surface area contributed by atoms with E-state index in [9.17, 15) is 4.79 Å². The zero-order chi connectivity index (χ0) is 19.7. The first kappa shape index (κ1) is 17.3. The van der Waals surface area contributed by atoms with Gasteiger partial charge in [-0.25, -0.2) is 9.97 Å². The van der Waals surface area contributed by atoms with Gasteiger partial charge in [-0.15, -0.1) is 11.3 Å². The molecule has 8 heteroatoms. The van der Waals surface area contributed by atoms with E-state index in [0.717, 1.165) is 63.5 Å². The SMILES string of the molecule is CCn1c(C)nc2cc(-c3nn4c(=O)c5c6c(sc5nc4s3)CCCC6)ccc21. The highest BCUT2D eigenvalue weighted by atomic mass is 32.1. The minimum Gasteiger partial charge on any atom is -0.329 e. The van der Waals surface area contributed by atoms with Crippen molar-refractivity contribution in [1.29, 1.82) is 0 Å². The first-order chi connectivity index (χ1) is 14.1. The van der Waals surface area contributed by atoms with E-state index in [2.05, 4.69) is 39.8 Å². The van der Waals surface area contributed by atoms with Crippen LogP contribution in [0.25, 0.3) is 36.8 Å². The van der Waals surface area contributed by atoms with E-state index < -0.39 is 0 Å². The molecule has 4 heterocycles. The number of rotatable bonds is 2. The van der Waals surface area contributed by atoms with Crippen molar-refractivity contribution in [2.24, 2.45) is 0 Å². The van der Waals surface area contributed by atoms with Gasteiger partial charge in [-0.1, -0.05) is 11.3 Å². The molecule has 5 aromatic rings. The summed E-state index contributed by atoms with van der Waals surface area (Å²) in [7, 11) is 0. The lowest BCUT2D eigenvalue weighted by molar-refractivity contribution is 0.699. The van der Waals surface area contributed by atoms with E-state index in [1.54, 1.807) is 11.3 Å². The Kier molecular flexibility index (Phi) is 3.70. The van der Waals surface area contributed by atoms with Crippen LogP contribution in [0.15, 0.2) is 23.0 Å². The van der Waals surface area contributed by atoms with Crippen LogP contribution in [0.3, 0.4) is 0 Å². The van der Waals surface area contributed by atoms with Crippen LogP contribution in [0.1, 0.15) is 36.0 Å². The second-order valence-corrected chi connectivity index (χ2v) is 9.56. The van der Waals surface area contributed by atoms with Crippen LogP contribution in [-0.2, 0) is 19.4 Å². The zero-order valence-corrected chi connectivity index (χ0v) is 17.9. The number of hydrogen-bond donors (Lipinski definition) is 0. The van der Waals surface area contributed by atoms with Crippen LogP contribution in [0.2, 0.25) is 0 Å². The molecule has 0 atom stereocenters. The summed E-state index contributed by atoms with van der Waals surface area (Å²) in [5.41, 5.74) is 4.23. The quantitative estimate of drug-likeness (QED) is 0.418. The summed E-state index contributed by atoms with van der Waals surface area (Å²) >= 11 is 3.15. The van der Waals surface area contributed by atoms with Crippen molar-refractivity contribution >= 4 is 48.9 Å². The van der Waals surface area contributed by atoms with Gasteiger partial charge in [0.05, 0.1) is 16.4 Å². The van der Waals surface area contributed by atoms with Crippen LogP contribution in [0.5, 0.6) is 0 Å². The third-order valence-corrected chi connectivity index (χ3v) is 7.96. The van der Waals surface area contributed by atoms with Crippen molar-refractivity contribution in [3.8, 4) is 10.6 Å². The number of fused-ring (bicyclic) bond motifs is 5. The lowest BCUT2D eigenvalue weighted by atomic mass is 9.97. The molecule has 0 saturated heterocycles. The Labute approximate surface area is 174 Å². The molecule has 6 nitrogen and oxygen atoms in total. The average molecular weight is 422 g/mol. The molecule has 29 heavy (non-hydrogen) atoms. The molecule has 0 spiro atoms. The number of imidazole rings is 1. The van der Waals surface area contributed by atoms with Crippen molar-refractivity contribution in [2.45, 2.75) is 46.1 Å². The van der Waals surface area contributed by atoms with E-state index >= 15 is 0 Å². The van der Waals surface area contributed by atoms with Crippen molar-refractivity contribution in [1.82, 2.24) is 24.1 Å². The van der Waals surface area contributed by atoms with Gasteiger partial charge in [0.15, 0.2) is 0 Å². The van der Waals surface area contributed by atoms with Crippen molar-refractivity contribution in [3.05, 3.63) is 44.8 Å². The second kappa shape index (κ2) is 6.21. The predicted octanol–water partition coefficient (Wildman–Crippen LogP) is 4.59. The highest BCUT2D eigenvalue weighted by Gasteiger charge is 2.22.